The lowest BCUT2D eigenvalue weighted by molar-refractivity contribution is -0.157. The van der Waals surface area contributed by atoms with Crippen molar-refractivity contribution in [3.63, 3.8) is 0 Å². The molecule has 1 unspecified atom stereocenters. The van der Waals surface area contributed by atoms with Gasteiger partial charge in [0.2, 0.25) is 5.24 Å². The number of esters is 1. The van der Waals surface area contributed by atoms with E-state index in [4.69, 9.17) is 22.1 Å². The second kappa shape index (κ2) is 3.87. The molecule has 70 valence electrons. The highest BCUT2D eigenvalue weighted by Gasteiger charge is 2.26. The molecule has 0 rings (SSSR count). The number of hydrogen-bond acceptors (Lipinski definition) is 4. The van der Waals surface area contributed by atoms with E-state index >= 15 is 0 Å². The number of carbonyl (C=O) groups is 2. The highest BCUT2D eigenvalue weighted by molar-refractivity contribution is 6.66. The lowest BCUT2D eigenvalue weighted by Gasteiger charge is -2.20. The highest BCUT2D eigenvalue weighted by Crippen LogP contribution is 2.08. The van der Waals surface area contributed by atoms with Crippen molar-refractivity contribution in [1.29, 1.82) is 0 Å². The van der Waals surface area contributed by atoms with Gasteiger partial charge in [0.1, 0.15) is 5.60 Å². The third-order valence-corrected chi connectivity index (χ3v) is 1.14. The number of ether oxygens (including phenoxy) is 1. The van der Waals surface area contributed by atoms with Crippen molar-refractivity contribution in [1.82, 2.24) is 0 Å². The Morgan fingerprint density at radius 2 is 1.83 bits per heavy atom. The highest BCUT2D eigenvalue weighted by atomic mass is 35.5. The normalized spacial score (nSPS) is 13.8. The molecule has 1 atom stereocenters. The molecular weight excluding hydrogens is 182 g/mol. The Balaban J connectivity index is 4.15. The van der Waals surface area contributed by atoms with E-state index in [1.807, 2.05) is 0 Å². The predicted molar refractivity (Wildman–Crippen MR) is 44.7 cm³/mol. The summed E-state index contributed by atoms with van der Waals surface area (Å²) in [6.07, 6.45) is 0. The maximum absolute atomic E-state index is 10.9. The molecule has 0 aliphatic rings. The van der Waals surface area contributed by atoms with Crippen LogP contribution >= 0.6 is 11.6 Å². The van der Waals surface area contributed by atoms with Crippen molar-refractivity contribution in [3.8, 4) is 0 Å². The molecule has 0 aromatic carbocycles. The summed E-state index contributed by atoms with van der Waals surface area (Å²) < 4.78 is 4.79. The Hall–Kier alpha value is -0.610. The largest absolute Gasteiger partial charge is 0.458 e. The third kappa shape index (κ3) is 4.31. The Bertz CT molecular complexity index is 197. The molecule has 0 aliphatic heterocycles. The van der Waals surface area contributed by atoms with E-state index in [2.05, 4.69) is 0 Å². The van der Waals surface area contributed by atoms with Crippen LogP contribution in [0.4, 0.5) is 0 Å². The van der Waals surface area contributed by atoms with Crippen LogP contribution in [0.25, 0.3) is 0 Å². The van der Waals surface area contributed by atoms with E-state index in [0.717, 1.165) is 0 Å². The second-order valence-corrected chi connectivity index (χ2v) is 3.69. The van der Waals surface area contributed by atoms with Gasteiger partial charge in [0.15, 0.2) is 6.04 Å². The van der Waals surface area contributed by atoms with Crippen LogP contribution in [0.15, 0.2) is 0 Å². The van der Waals surface area contributed by atoms with E-state index < -0.39 is 22.9 Å². The van der Waals surface area contributed by atoms with Crippen LogP contribution in [0.2, 0.25) is 0 Å². The average Bonchev–Trinajstić information content (AvgIpc) is 1.82. The molecule has 0 saturated heterocycles. The molecule has 2 N–H and O–H groups in total. The van der Waals surface area contributed by atoms with Crippen LogP contribution in [0.3, 0.4) is 0 Å². The van der Waals surface area contributed by atoms with Crippen LogP contribution in [0.5, 0.6) is 0 Å². The van der Waals surface area contributed by atoms with Gasteiger partial charge < -0.3 is 10.5 Å². The smallest absolute Gasteiger partial charge is 0.332 e. The van der Waals surface area contributed by atoms with E-state index in [0.29, 0.717) is 0 Å². The zero-order chi connectivity index (χ0) is 9.94. The number of carbonyl (C=O) groups excluding carboxylic acids is 2. The van der Waals surface area contributed by atoms with Gasteiger partial charge >= 0.3 is 5.97 Å². The van der Waals surface area contributed by atoms with Crippen LogP contribution in [-0.4, -0.2) is 22.9 Å². The third-order valence-electron chi connectivity index (χ3n) is 0.905. The Morgan fingerprint density at radius 3 is 2.08 bits per heavy atom. The topological polar surface area (TPSA) is 69.4 Å². The maximum Gasteiger partial charge on any atom is 0.332 e. The fourth-order valence-electron chi connectivity index (χ4n) is 0.458. The van der Waals surface area contributed by atoms with Crippen molar-refractivity contribution in [2.45, 2.75) is 32.4 Å². The molecule has 5 heteroatoms. The average molecular weight is 194 g/mol. The summed E-state index contributed by atoms with van der Waals surface area (Å²) in [6.45, 7) is 5.03. The van der Waals surface area contributed by atoms with Crippen LogP contribution in [-0.2, 0) is 14.3 Å². The van der Waals surface area contributed by atoms with Gasteiger partial charge in [-0.3, -0.25) is 4.79 Å². The quantitative estimate of drug-likeness (QED) is 0.392. The Morgan fingerprint density at radius 1 is 1.42 bits per heavy atom. The molecule has 12 heavy (non-hydrogen) atoms. The number of hydrogen-bond donors (Lipinski definition) is 1. The van der Waals surface area contributed by atoms with Gasteiger partial charge in [-0.05, 0) is 32.4 Å². The fraction of sp³-hybridized carbons (Fsp3) is 0.714. The lowest BCUT2D eigenvalue weighted by atomic mass is 10.2. The fourth-order valence-corrected chi connectivity index (χ4v) is 0.547. The van der Waals surface area contributed by atoms with Gasteiger partial charge in [0.05, 0.1) is 0 Å². The van der Waals surface area contributed by atoms with Crippen LogP contribution in [0.1, 0.15) is 20.8 Å². The van der Waals surface area contributed by atoms with Crippen molar-refractivity contribution < 1.29 is 14.3 Å². The standard InChI is InChI=1S/C7H12ClNO3/c1-7(2,3)12-6(11)4(9)5(8)10/h4H,9H2,1-3H3. The summed E-state index contributed by atoms with van der Waals surface area (Å²) in [5.74, 6) is -0.803. The van der Waals surface area contributed by atoms with Gasteiger partial charge in [-0.1, -0.05) is 0 Å². The van der Waals surface area contributed by atoms with Gasteiger partial charge in [0, 0.05) is 0 Å². The SMILES string of the molecule is CC(C)(C)OC(=O)C(N)C(=O)Cl. The van der Waals surface area contributed by atoms with Crippen molar-refractivity contribution >= 4 is 22.8 Å². The minimum absolute atomic E-state index is 0.652. The van der Waals surface area contributed by atoms with E-state index in [-0.39, 0.29) is 0 Å². The molecule has 0 fully saturated rings. The molecule has 0 radical (unpaired) electrons. The molecule has 4 nitrogen and oxygen atoms in total. The lowest BCUT2D eigenvalue weighted by Crippen LogP contribution is -2.41. The van der Waals surface area contributed by atoms with E-state index in [1.165, 1.54) is 0 Å². The second-order valence-electron chi connectivity index (χ2n) is 3.32. The molecule has 0 amide bonds. The van der Waals surface area contributed by atoms with E-state index in [1.54, 1.807) is 20.8 Å². The molecule has 0 spiro atoms. The Kier molecular flexibility index (Phi) is 3.67. The molecule has 0 aliphatic carbocycles. The Labute approximate surface area is 76.0 Å². The van der Waals surface area contributed by atoms with Crippen molar-refractivity contribution in [2.75, 3.05) is 0 Å². The number of nitrogens with two attached hydrogens (primary N) is 1. The minimum atomic E-state index is -1.38. The molecule has 0 aromatic rings. The maximum atomic E-state index is 10.9. The first-order valence-corrected chi connectivity index (χ1v) is 3.79. The molecular formula is C7H12ClNO3. The van der Waals surface area contributed by atoms with Gasteiger partial charge in [-0.2, -0.15) is 0 Å². The first-order valence-electron chi connectivity index (χ1n) is 3.42. The monoisotopic (exact) mass is 193 g/mol. The van der Waals surface area contributed by atoms with Crippen LogP contribution in [0, 0.1) is 0 Å². The van der Waals surface area contributed by atoms with Crippen molar-refractivity contribution in [3.05, 3.63) is 0 Å². The molecule has 0 bridgehead atoms. The summed E-state index contributed by atoms with van der Waals surface area (Å²) in [7, 11) is 0. The first-order chi connectivity index (χ1) is 5.24. The molecule has 0 aromatic heterocycles. The molecule has 0 saturated carbocycles. The van der Waals surface area contributed by atoms with Crippen molar-refractivity contribution in [2.24, 2.45) is 5.73 Å². The first kappa shape index (κ1) is 11.4. The van der Waals surface area contributed by atoms with Gasteiger partial charge in [-0.15, -0.1) is 0 Å². The van der Waals surface area contributed by atoms with Gasteiger partial charge in [-0.25, -0.2) is 4.79 Å². The summed E-state index contributed by atoms with van der Waals surface area (Å²) in [4.78, 5) is 21.4. The number of rotatable bonds is 2. The van der Waals surface area contributed by atoms with E-state index in [9.17, 15) is 9.59 Å². The molecule has 0 heterocycles. The zero-order valence-corrected chi connectivity index (χ0v) is 8.01. The zero-order valence-electron chi connectivity index (χ0n) is 7.26. The summed E-state index contributed by atoms with van der Waals surface area (Å²) in [5.41, 5.74) is 4.46. The number of halogens is 1. The minimum Gasteiger partial charge on any atom is -0.458 e. The summed E-state index contributed by atoms with van der Waals surface area (Å²) in [6, 6.07) is -1.38. The summed E-state index contributed by atoms with van der Waals surface area (Å²) in [5, 5.41) is -0.913. The van der Waals surface area contributed by atoms with Crippen LogP contribution < -0.4 is 5.73 Å². The summed E-state index contributed by atoms with van der Waals surface area (Å²) >= 11 is 4.99. The predicted octanol–water partition coefficient (Wildman–Crippen LogP) is 0.421. The van der Waals surface area contributed by atoms with Gasteiger partial charge in [0.25, 0.3) is 0 Å².